The normalized spacial score (nSPS) is 20.9. The maximum absolute atomic E-state index is 13.8. The lowest BCUT2D eigenvalue weighted by atomic mass is 9.92. The lowest BCUT2D eigenvalue weighted by molar-refractivity contribution is -0.136. The first-order valence-corrected chi connectivity index (χ1v) is 11.8. The highest BCUT2D eigenvalue weighted by molar-refractivity contribution is 6.01. The van der Waals surface area contributed by atoms with Crippen LogP contribution in [0.2, 0.25) is 0 Å². The Labute approximate surface area is 203 Å². The van der Waals surface area contributed by atoms with E-state index in [1.54, 1.807) is 14.2 Å². The van der Waals surface area contributed by atoms with E-state index in [2.05, 4.69) is 4.90 Å². The van der Waals surface area contributed by atoms with Gasteiger partial charge in [-0.05, 0) is 59.0 Å². The number of carboxylic acids is 1. The maximum atomic E-state index is 13.8. The molecular formula is C28H29F2NO4. The number of aryl methyl sites for hydroxylation is 1. The molecule has 2 fully saturated rings. The van der Waals surface area contributed by atoms with Gasteiger partial charge < -0.3 is 14.6 Å². The molecule has 184 valence electrons. The molecule has 0 radical (unpaired) electrons. The first-order valence-electron chi connectivity index (χ1n) is 11.8. The zero-order chi connectivity index (χ0) is 24.8. The average Bonchev–Trinajstić information content (AvgIpc) is 3.14. The van der Waals surface area contributed by atoms with Crippen molar-refractivity contribution in [3.63, 3.8) is 0 Å². The van der Waals surface area contributed by atoms with Crippen LogP contribution in [0.25, 0.3) is 21.9 Å². The molecule has 5 rings (SSSR count). The SMILES string of the molecule is COc1cc(CN2CCC3(C2)CC3(F)F)cc(OC)c1-c1cccc2c(CCC(=O)O)cccc12. The van der Waals surface area contributed by atoms with Gasteiger partial charge in [0.1, 0.15) is 11.5 Å². The topological polar surface area (TPSA) is 59.0 Å². The number of nitrogens with zero attached hydrogens (tertiary/aromatic N) is 1. The molecule has 0 aromatic heterocycles. The smallest absolute Gasteiger partial charge is 0.303 e. The Morgan fingerprint density at radius 1 is 1.06 bits per heavy atom. The summed E-state index contributed by atoms with van der Waals surface area (Å²) in [6.07, 6.45) is 1.04. The number of fused-ring (bicyclic) bond motifs is 1. The van der Waals surface area contributed by atoms with Gasteiger partial charge in [-0.15, -0.1) is 0 Å². The molecular weight excluding hydrogens is 452 g/mol. The molecule has 0 amide bonds. The van der Waals surface area contributed by atoms with Crippen molar-refractivity contribution in [3.8, 4) is 22.6 Å². The minimum Gasteiger partial charge on any atom is -0.496 e. The fraction of sp³-hybridized carbons (Fsp3) is 0.393. The quantitative estimate of drug-likeness (QED) is 0.443. The van der Waals surface area contributed by atoms with Crippen LogP contribution in [-0.2, 0) is 17.8 Å². The Balaban J connectivity index is 1.50. The van der Waals surface area contributed by atoms with Gasteiger partial charge in [-0.3, -0.25) is 9.69 Å². The number of carbonyl (C=O) groups is 1. The number of hydrogen-bond donors (Lipinski definition) is 1. The van der Waals surface area contributed by atoms with Crippen LogP contribution in [0, 0.1) is 5.41 Å². The zero-order valence-electron chi connectivity index (χ0n) is 19.9. The Bertz CT molecular complexity index is 1270. The van der Waals surface area contributed by atoms with E-state index in [1.165, 1.54) is 0 Å². The summed E-state index contributed by atoms with van der Waals surface area (Å²) < 4.78 is 39.3. The van der Waals surface area contributed by atoms with Crippen molar-refractivity contribution in [2.45, 2.75) is 38.2 Å². The van der Waals surface area contributed by atoms with Gasteiger partial charge in [0.05, 0.1) is 25.2 Å². The van der Waals surface area contributed by atoms with Crippen LogP contribution in [0.4, 0.5) is 8.78 Å². The number of benzene rings is 3. The van der Waals surface area contributed by atoms with Crippen molar-refractivity contribution >= 4 is 16.7 Å². The van der Waals surface area contributed by atoms with Crippen molar-refractivity contribution in [2.75, 3.05) is 27.3 Å². The van der Waals surface area contributed by atoms with E-state index >= 15 is 0 Å². The molecule has 1 aliphatic heterocycles. The second-order valence-corrected chi connectivity index (χ2v) is 9.71. The Morgan fingerprint density at radius 2 is 1.71 bits per heavy atom. The summed E-state index contributed by atoms with van der Waals surface area (Å²) in [5.74, 6) is -2.06. The first-order chi connectivity index (χ1) is 16.8. The van der Waals surface area contributed by atoms with Crippen molar-refractivity contribution in [1.29, 1.82) is 0 Å². The molecule has 3 aromatic rings. The summed E-state index contributed by atoms with van der Waals surface area (Å²) in [6, 6.07) is 15.8. The summed E-state index contributed by atoms with van der Waals surface area (Å²) in [5, 5.41) is 11.1. The van der Waals surface area contributed by atoms with E-state index < -0.39 is 17.3 Å². The molecule has 0 bridgehead atoms. The number of methoxy groups -OCH3 is 2. The number of likely N-dealkylation sites (tertiary alicyclic amines) is 1. The number of carboxylic acid groups (broad SMARTS) is 1. The van der Waals surface area contributed by atoms with Gasteiger partial charge >= 0.3 is 5.97 Å². The van der Waals surface area contributed by atoms with Crippen LogP contribution in [0.15, 0.2) is 48.5 Å². The molecule has 7 heteroatoms. The highest BCUT2D eigenvalue weighted by Crippen LogP contribution is 2.65. The zero-order valence-corrected chi connectivity index (χ0v) is 19.9. The maximum Gasteiger partial charge on any atom is 0.303 e. The van der Waals surface area contributed by atoms with Gasteiger partial charge in [-0.2, -0.15) is 0 Å². The summed E-state index contributed by atoms with van der Waals surface area (Å²) >= 11 is 0. The molecule has 1 saturated heterocycles. The number of aliphatic carboxylic acids is 1. The number of alkyl halides is 2. The largest absolute Gasteiger partial charge is 0.496 e. The molecule has 2 aliphatic rings. The van der Waals surface area contributed by atoms with E-state index in [4.69, 9.17) is 14.6 Å². The Kier molecular flexibility index (Phi) is 5.91. The lowest BCUT2D eigenvalue weighted by Crippen LogP contribution is -2.22. The molecule has 1 aliphatic carbocycles. The predicted molar refractivity (Wildman–Crippen MR) is 130 cm³/mol. The molecule has 1 unspecified atom stereocenters. The van der Waals surface area contributed by atoms with Gasteiger partial charge in [0.15, 0.2) is 0 Å². The van der Waals surface area contributed by atoms with E-state index in [-0.39, 0.29) is 12.8 Å². The number of rotatable bonds is 8. The summed E-state index contributed by atoms with van der Waals surface area (Å²) in [5.41, 5.74) is 2.83. The van der Waals surface area contributed by atoms with E-state index in [9.17, 15) is 13.6 Å². The van der Waals surface area contributed by atoms with Crippen molar-refractivity contribution in [1.82, 2.24) is 4.90 Å². The van der Waals surface area contributed by atoms with E-state index in [0.717, 1.165) is 33.0 Å². The third-order valence-electron chi connectivity index (χ3n) is 7.51. The summed E-state index contributed by atoms with van der Waals surface area (Å²) in [4.78, 5) is 13.2. The summed E-state index contributed by atoms with van der Waals surface area (Å²) in [7, 11) is 3.22. The minimum atomic E-state index is -2.53. The minimum absolute atomic E-state index is 0.00237. The molecule has 1 N–H and O–H groups in total. The predicted octanol–water partition coefficient (Wildman–Crippen LogP) is 5.77. The highest BCUT2D eigenvalue weighted by Gasteiger charge is 2.72. The van der Waals surface area contributed by atoms with E-state index in [1.807, 2.05) is 48.5 Å². The fourth-order valence-corrected chi connectivity index (χ4v) is 5.55. The molecule has 1 atom stereocenters. The Hall–Kier alpha value is -3.19. The second kappa shape index (κ2) is 8.79. The van der Waals surface area contributed by atoms with Crippen LogP contribution >= 0.6 is 0 Å². The van der Waals surface area contributed by atoms with E-state index in [0.29, 0.717) is 44.0 Å². The van der Waals surface area contributed by atoms with Crippen LogP contribution in [0.3, 0.4) is 0 Å². The lowest BCUT2D eigenvalue weighted by Gasteiger charge is -2.20. The summed E-state index contributed by atoms with van der Waals surface area (Å²) in [6.45, 7) is 1.62. The van der Waals surface area contributed by atoms with Crippen molar-refractivity contribution in [2.24, 2.45) is 5.41 Å². The monoisotopic (exact) mass is 481 g/mol. The van der Waals surface area contributed by atoms with Gasteiger partial charge in [-0.1, -0.05) is 36.4 Å². The van der Waals surface area contributed by atoms with Crippen LogP contribution in [-0.4, -0.2) is 49.2 Å². The number of ether oxygens (including phenoxy) is 2. The van der Waals surface area contributed by atoms with Gasteiger partial charge in [0.2, 0.25) is 0 Å². The molecule has 1 heterocycles. The molecule has 35 heavy (non-hydrogen) atoms. The average molecular weight is 482 g/mol. The highest BCUT2D eigenvalue weighted by atomic mass is 19.3. The van der Waals surface area contributed by atoms with Crippen molar-refractivity contribution in [3.05, 3.63) is 59.7 Å². The molecule has 1 spiro atoms. The van der Waals surface area contributed by atoms with Crippen LogP contribution < -0.4 is 9.47 Å². The Morgan fingerprint density at radius 3 is 2.31 bits per heavy atom. The van der Waals surface area contributed by atoms with Crippen LogP contribution in [0.5, 0.6) is 11.5 Å². The fourth-order valence-electron chi connectivity index (χ4n) is 5.55. The van der Waals surface area contributed by atoms with Gasteiger partial charge in [-0.25, -0.2) is 8.78 Å². The van der Waals surface area contributed by atoms with Crippen LogP contribution in [0.1, 0.15) is 30.4 Å². The van der Waals surface area contributed by atoms with Crippen molar-refractivity contribution < 1.29 is 28.2 Å². The molecule has 5 nitrogen and oxygen atoms in total. The standard InChI is InChI=1S/C28H29F2NO4/c1-34-23-13-18(15-31-12-11-27(17-31)16-28(27,29)30)14-24(35-2)26(23)22-8-4-6-20-19(9-10-25(32)33)5-3-7-21(20)22/h3-8,13-14H,9-12,15-17H2,1-2H3,(H,32,33). The third-order valence-corrected chi connectivity index (χ3v) is 7.51. The number of hydrogen-bond acceptors (Lipinski definition) is 4. The van der Waals surface area contributed by atoms with Gasteiger partial charge in [0, 0.05) is 25.9 Å². The number of halogens is 2. The molecule has 1 saturated carbocycles. The third kappa shape index (κ3) is 4.22. The second-order valence-electron chi connectivity index (χ2n) is 9.71. The molecule has 3 aromatic carbocycles. The van der Waals surface area contributed by atoms with Gasteiger partial charge in [0.25, 0.3) is 5.92 Å². The first kappa shape index (κ1) is 23.5.